The molecule has 6 nitrogen and oxygen atoms in total. The van der Waals surface area contributed by atoms with Gasteiger partial charge >= 0.3 is 0 Å². The van der Waals surface area contributed by atoms with E-state index >= 15 is 0 Å². The molecule has 0 aliphatic carbocycles. The zero-order chi connectivity index (χ0) is 25.9. The lowest BCUT2D eigenvalue weighted by Gasteiger charge is -2.33. The molecule has 0 unspecified atom stereocenters. The highest BCUT2D eigenvalue weighted by atomic mass is 16.5. The van der Waals surface area contributed by atoms with E-state index in [1.54, 1.807) is 0 Å². The molecule has 0 radical (unpaired) electrons. The lowest BCUT2D eigenvalue weighted by Crippen LogP contribution is -2.33. The molecule has 4 aromatic carbocycles. The second-order valence-electron chi connectivity index (χ2n) is 9.12. The quantitative estimate of drug-likeness (QED) is 0.321. The van der Waals surface area contributed by atoms with Crippen LogP contribution in [0.2, 0.25) is 0 Å². The van der Waals surface area contributed by atoms with Gasteiger partial charge in [0.05, 0.1) is 13.1 Å². The molecule has 0 atom stereocenters. The molecule has 4 aromatic rings. The Bertz CT molecular complexity index is 1460. The average Bonchev–Trinajstić information content (AvgIpc) is 2.97. The summed E-state index contributed by atoms with van der Waals surface area (Å²) >= 11 is 0. The average molecular weight is 503 g/mol. The lowest BCUT2D eigenvalue weighted by atomic mass is 10.0. The van der Waals surface area contributed by atoms with Gasteiger partial charge in [-0.15, -0.1) is 12.8 Å². The molecule has 0 spiro atoms. The highest BCUT2D eigenvalue weighted by molar-refractivity contribution is 6.02. The van der Waals surface area contributed by atoms with Crippen LogP contribution in [-0.4, -0.2) is 26.7 Å². The van der Waals surface area contributed by atoms with E-state index in [1.165, 1.54) is 0 Å². The van der Waals surface area contributed by atoms with Gasteiger partial charge in [0, 0.05) is 33.3 Å². The third kappa shape index (κ3) is 4.49. The summed E-state index contributed by atoms with van der Waals surface area (Å²) in [6, 6.07) is 24.4. The Balaban J connectivity index is 1.29. The Morgan fingerprint density at radius 1 is 0.658 bits per heavy atom. The highest BCUT2D eigenvalue weighted by Gasteiger charge is 2.23. The summed E-state index contributed by atoms with van der Waals surface area (Å²) in [6.45, 7) is 2.79. The van der Waals surface area contributed by atoms with Crippen molar-refractivity contribution < 1.29 is 18.9 Å². The van der Waals surface area contributed by atoms with Crippen LogP contribution in [0, 0.1) is 24.7 Å². The van der Waals surface area contributed by atoms with E-state index in [9.17, 15) is 0 Å². The predicted molar refractivity (Wildman–Crippen MR) is 149 cm³/mol. The summed E-state index contributed by atoms with van der Waals surface area (Å²) < 4.78 is 23.4. The van der Waals surface area contributed by atoms with E-state index in [-0.39, 0.29) is 13.2 Å². The van der Waals surface area contributed by atoms with Gasteiger partial charge in [0.2, 0.25) is 0 Å². The summed E-state index contributed by atoms with van der Waals surface area (Å²) in [6.07, 6.45) is 10.7. The zero-order valence-electron chi connectivity index (χ0n) is 20.9. The topological polar surface area (TPSA) is 43.4 Å². The molecule has 2 heterocycles. The minimum Gasteiger partial charge on any atom is -0.481 e. The molecule has 38 heavy (non-hydrogen) atoms. The SMILES string of the molecule is C#CCOc1ccc2c(c1)CN(c1cccc3c(N4COc5ccc(OCC#C)cc5C4)cccc13)CO2. The highest BCUT2D eigenvalue weighted by Crippen LogP contribution is 2.39. The second kappa shape index (κ2) is 10.2. The molecule has 0 fully saturated rings. The molecule has 2 aliphatic heterocycles. The van der Waals surface area contributed by atoms with Gasteiger partial charge in [-0.25, -0.2) is 0 Å². The van der Waals surface area contributed by atoms with Crippen molar-refractivity contribution in [3.8, 4) is 47.7 Å². The van der Waals surface area contributed by atoms with Crippen LogP contribution < -0.4 is 28.7 Å². The van der Waals surface area contributed by atoms with Crippen molar-refractivity contribution in [3.05, 3.63) is 83.9 Å². The van der Waals surface area contributed by atoms with Crippen LogP contribution in [0.4, 0.5) is 11.4 Å². The molecule has 0 bridgehead atoms. The van der Waals surface area contributed by atoms with Crippen molar-refractivity contribution in [1.82, 2.24) is 0 Å². The second-order valence-corrected chi connectivity index (χ2v) is 9.12. The predicted octanol–water partition coefficient (Wildman–Crippen LogP) is 5.58. The number of rotatable bonds is 6. The molecule has 0 saturated carbocycles. The van der Waals surface area contributed by atoms with Gasteiger partial charge in [0.25, 0.3) is 0 Å². The first-order valence-corrected chi connectivity index (χ1v) is 12.4. The maximum atomic E-state index is 6.10. The maximum Gasteiger partial charge on any atom is 0.161 e. The lowest BCUT2D eigenvalue weighted by molar-refractivity contribution is 0.287. The van der Waals surface area contributed by atoms with E-state index < -0.39 is 0 Å². The fourth-order valence-electron chi connectivity index (χ4n) is 5.01. The Kier molecular flexibility index (Phi) is 6.30. The van der Waals surface area contributed by atoms with Gasteiger partial charge in [-0.2, -0.15) is 0 Å². The molecule has 188 valence electrons. The van der Waals surface area contributed by atoms with Crippen LogP contribution in [-0.2, 0) is 13.1 Å². The first-order valence-electron chi connectivity index (χ1n) is 12.4. The number of benzene rings is 4. The number of hydrogen-bond acceptors (Lipinski definition) is 6. The minimum atomic E-state index is 0.236. The first-order chi connectivity index (χ1) is 18.7. The minimum absolute atomic E-state index is 0.236. The molecule has 2 aliphatic rings. The normalized spacial score (nSPS) is 13.8. The Hall–Kier alpha value is -4.94. The van der Waals surface area contributed by atoms with Gasteiger partial charge in [-0.3, -0.25) is 0 Å². The molecular formula is C32H26N2O4. The third-order valence-corrected chi connectivity index (χ3v) is 6.74. The van der Waals surface area contributed by atoms with Crippen LogP contribution in [0.25, 0.3) is 10.8 Å². The van der Waals surface area contributed by atoms with Crippen LogP contribution in [0.3, 0.4) is 0 Å². The Morgan fingerprint density at radius 2 is 1.13 bits per heavy atom. The number of nitrogens with zero attached hydrogens (tertiary/aromatic N) is 2. The summed E-state index contributed by atoms with van der Waals surface area (Å²) in [7, 11) is 0. The smallest absolute Gasteiger partial charge is 0.161 e. The molecule has 0 aromatic heterocycles. The van der Waals surface area contributed by atoms with Crippen molar-refractivity contribution >= 4 is 22.1 Å². The van der Waals surface area contributed by atoms with Gasteiger partial charge < -0.3 is 28.7 Å². The fraction of sp³-hybridized carbons (Fsp3) is 0.188. The number of anilines is 2. The van der Waals surface area contributed by atoms with Gasteiger partial charge in [-0.1, -0.05) is 36.1 Å². The van der Waals surface area contributed by atoms with Crippen LogP contribution in [0.1, 0.15) is 11.1 Å². The van der Waals surface area contributed by atoms with Crippen LogP contribution in [0.5, 0.6) is 23.0 Å². The van der Waals surface area contributed by atoms with Crippen LogP contribution >= 0.6 is 0 Å². The molecule has 6 rings (SSSR count). The number of ether oxygens (including phenoxy) is 4. The van der Waals surface area contributed by atoms with Crippen molar-refractivity contribution in [2.45, 2.75) is 13.1 Å². The summed E-state index contributed by atoms with van der Waals surface area (Å²) in [5.74, 6) is 8.23. The van der Waals surface area contributed by atoms with Crippen molar-refractivity contribution in [3.63, 3.8) is 0 Å². The molecule has 0 N–H and O–H groups in total. The van der Waals surface area contributed by atoms with E-state index in [0.717, 1.165) is 56.3 Å². The molecule has 6 heteroatoms. The monoisotopic (exact) mass is 502 g/mol. The van der Waals surface area contributed by atoms with E-state index in [2.05, 4.69) is 58.0 Å². The van der Waals surface area contributed by atoms with Gasteiger partial charge in [0.15, 0.2) is 13.5 Å². The molecule has 0 saturated heterocycles. The summed E-state index contributed by atoms with van der Waals surface area (Å²) in [5.41, 5.74) is 4.33. The number of terminal acetylenes is 2. The summed E-state index contributed by atoms with van der Waals surface area (Å²) in [4.78, 5) is 4.47. The molecular weight excluding hydrogens is 476 g/mol. The number of fused-ring (bicyclic) bond motifs is 3. The van der Waals surface area contributed by atoms with Crippen molar-refractivity contribution in [1.29, 1.82) is 0 Å². The zero-order valence-corrected chi connectivity index (χ0v) is 20.9. The number of hydrogen-bond donors (Lipinski definition) is 0. The molecule has 0 amide bonds. The third-order valence-electron chi connectivity index (χ3n) is 6.74. The Labute approximate surface area is 222 Å². The Morgan fingerprint density at radius 3 is 1.58 bits per heavy atom. The van der Waals surface area contributed by atoms with Crippen molar-refractivity contribution in [2.24, 2.45) is 0 Å². The van der Waals surface area contributed by atoms with E-state index in [4.69, 9.17) is 31.8 Å². The maximum absolute atomic E-state index is 6.10. The van der Waals surface area contributed by atoms with E-state index in [1.807, 2.05) is 36.4 Å². The van der Waals surface area contributed by atoms with Crippen molar-refractivity contribution in [2.75, 3.05) is 36.5 Å². The van der Waals surface area contributed by atoms with Crippen LogP contribution in [0.15, 0.2) is 72.8 Å². The van der Waals surface area contributed by atoms with Gasteiger partial charge in [-0.05, 0) is 48.5 Å². The largest absolute Gasteiger partial charge is 0.481 e. The fourth-order valence-corrected chi connectivity index (χ4v) is 5.01. The van der Waals surface area contributed by atoms with E-state index in [0.29, 0.717) is 26.6 Å². The standard InChI is InChI=1S/C32H26N2O4/c1-3-15-35-25-11-13-31-23(17-25)19-33(21-37-31)29-9-5-8-28-27(29)7-6-10-30(28)34-20-24-18-26(36-16-4-2)12-14-32(24)38-22-34/h1-2,5-14,17-18H,15-16,19-22H2. The summed E-state index contributed by atoms with van der Waals surface area (Å²) in [5, 5.41) is 2.29. The van der Waals surface area contributed by atoms with Gasteiger partial charge in [0.1, 0.15) is 36.2 Å². The first kappa shape index (κ1) is 23.5.